The van der Waals surface area contributed by atoms with Crippen LogP contribution in [0, 0.1) is 5.82 Å². The second-order valence-corrected chi connectivity index (χ2v) is 5.16. The topological polar surface area (TPSA) is 35.2 Å². The first-order valence-electron chi connectivity index (χ1n) is 5.41. The van der Waals surface area contributed by atoms with Gasteiger partial charge in [-0.05, 0) is 23.6 Å². The van der Waals surface area contributed by atoms with Crippen molar-refractivity contribution < 1.29 is 9.13 Å². The third-order valence-electron chi connectivity index (χ3n) is 2.40. The predicted molar refractivity (Wildman–Crippen MR) is 75.8 cm³/mol. The highest BCUT2D eigenvalue weighted by Gasteiger charge is 2.06. The van der Waals surface area contributed by atoms with Gasteiger partial charge in [-0.25, -0.2) is 4.39 Å². The van der Waals surface area contributed by atoms with E-state index in [4.69, 9.17) is 22.7 Å². The Morgan fingerprint density at radius 2 is 2.22 bits per heavy atom. The lowest BCUT2D eigenvalue weighted by atomic mass is 10.2. The zero-order valence-corrected chi connectivity index (χ0v) is 11.2. The molecule has 0 fully saturated rings. The van der Waals surface area contributed by atoms with Crippen molar-refractivity contribution in [3.8, 4) is 5.75 Å². The average molecular weight is 281 g/mol. The molecule has 0 atom stereocenters. The number of hydrogen-bond donors (Lipinski definition) is 1. The third-order valence-corrected chi connectivity index (χ3v) is 3.56. The van der Waals surface area contributed by atoms with Crippen molar-refractivity contribution in [2.75, 3.05) is 6.61 Å². The van der Waals surface area contributed by atoms with Crippen LogP contribution in [0.3, 0.4) is 0 Å². The molecule has 0 aliphatic carbocycles. The molecule has 0 spiro atoms. The molecule has 0 unspecified atom stereocenters. The molecule has 0 radical (unpaired) electrons. The molecule has 18 heavy (non-hydrogen) atoms. The van der Waals surface area contributed by atoms with Crippen LogP contribution in [0.1, 0.15) is 10.4 Å². The molecular formula is C13H12FNOS2. The van der Waals surface area contributed by atoms with Gasteiger partial charge in [-0.15, -0.1) is 11.3 Å². The minimum absolute atomic E-state index is 0.0534. The SMILES string of the molecule is NC(=S)c1ccc(OCCc2cccs2)cc1F. The molecule has 0 aliphatic rings. The zero-order valence-electron chi connectivity index (χ0n) is 9.56. The van der Waals surface area contributed by atoms with Crippen LogP contribution in [0.15, 0.2) is 35.7 Å². The number of halogens is 1. The fraction of sp³-hybridized carbons (Fsp3) is 0.154. The molecule has 0 saturated carbocycles. The van der Waals surface area contributed by atoms with Gasteiger partial charge in [0.1, 0.15) is 16.6 Å². The van der Waals surface area contributed by atoms with Crippen molar-refractivity contribution in [3.05, 3.63) is 52.0 Å². The second kappa shape index (κ2) is 5.93. The Balaban J connectivity index is 1.94. The van der Waals surface area contributed by atoms with Gasteiger partial charge < -0.3 is 10.5 Å². The van der Waals surface area contributed by atoms with E-state index in [2.05, 4.69) is 0 Å². The first kappa shape index (κ1) is 13.0. The molecule has 1 heterocycles. The van der Waals surface area contributed by atoms with Crippen LogP contribution in [-0.2, 0) is 6.42 Å². The highest BCUT2D eigenvalue weighted by atomic mass is 32.1. The highest BCUT2D eigenvalue weighted by molar-refractivity contribution is 7.80. The molecule has 0 aliphatic heterocycles. The Labute approximate surface area is 114 Å². The summed E-state index contributed by atoms with van der Waals surface area (Å²) in [5, 5.41) is 2.02. The minimum Gasteiger partial charge on any atom is -0.493 e. The summed E-state index contributed by atoms with van der Waals surface area (Å²) in [6.07, 6.45) is 0.816. The maximum absolute atomic E-state index is 13.6. The molecular weight excluding hydrogens is 269 g/mol. The molecule has 94 valence electrons. The third kappa shape index (κ3) is 3.27. The van der Waals surface area contributed by atoms with Crippen molar-refractivity contribution >= 4 is 28.5 Å². The molecule has 5 heteroatoms. The van der Waals surface area contributed by atoms with Crippen LogP contribution in [0.4, 0.5) is 4.39 Å². The number of ether oxygens (including phenoxy) is 1. The van der Waals surface area contributed by atoms with E-state index >= 15 is 0 Å². The summed E-state index contributed by atoms with van der Waals surface area (Å²) < 4.78 is 19.0. The van der Waals surface area contributed by atoms with Crippen LogP contribution in [0.5, 0.6) is 5.75 Å². The van der Waals surface area contributed by atoms with Gasteiger partial charge >= 0.3 is 0 Å². The summed E-state index contributed by atoms with van der Waals surface area (Å²) in [5.74, 6) is 0.0418. The summed E-state index contributed by atoms with van der Waals surface area (Å²) in [6, 6.07) is 8.56. The van der Waals surface area contributed by atoms with Gasteiger partial charge in [0, 0.05) is 22.9 Å². The highest BCUT2D eigenvalue weighted by Crippen LogP contribution is 2.17. The number of benzene rings is 1. The fourth-order valence-corrected chi connectivity index (χ4v) is 2.37. The summed E-state index contributed by atoms with van der Waals surface area (Å²) in [5.41, 5.74) is 5.63. The maximum atomic E-state index is 13.6. The second-order valence-electron chi connectivity index (χ2n) is 3.68. The molecule has 2 aromatic rings. The lowest BCUT2D eigenvalue weighted by Crippen LogP contribution is -2.11. The summed E-state index contributed by atoms with van der Waals surface area (Å²) >= 11 is 6.41. The maximum Gasteiger partial charge on any atom is 0.137 e. The Bertz CT molecular complexity index is 540. The van der Waals surface area contributed by atoms with E-state index in [1.165, 1.54) is 17.0 Å². The normalized spacial score (nSPS) is 10.3. The fourth-order valence-electron chi connectivity index (χ4n) is 1.51. The Morgan fingerprint density at radius 1 is 1.39 bits per heavy atom. The Kier molecular flexibility index (Phi) is 4.28. The van der Waals surface area contributed by atoms with Crippen LogP contribution in [0.25, 0.3) is 0 Å². The van der Waals surface area contributed by atoms with E-state index in [1.54, 1.807) is 17.4 Å². The molecule has 2 nitrogen and oxygen atoms in total. The van der Waals surface area contributed by atoms with E-state index < -0.39 is 5.82 Å². The number of hydrogen-bond acceptors (Lipinski definition) is 3. The Morgan fingerprint density at radius 3 is 2.83 bits per heavy atom. The monoisotopic (exact) mass is 281 g/mol. The summed E-state index contributed by atoms with van der Waals surface area (Å²) in [4.78, 5) is 1.30. The zero-order chi connectivity index (χ0) is 13.0. The molecule has 1 aromatic carbocycles. The molecule has 2 N–H and O–H groups in total. The van der Waals surface area contributed by atoms with E-state index in [0.29, 0.717) is 12.4 Å². The largest absolute Gasteiger partial charge is 0.493 e. The lowest BCUT2D eigenvalue weighted by Gasteiger charge is -2.07. The molecule has 0 amide bonds. The van der Waals surface area contributed by atoms with E-state index in [9.17, 15) is 4.39 Å². The molecule has 1 aromatic heterocycles. The molecule has 2 rings (SSSR count). The van der Waals surface area contributed by atoms with Crippen molar-refractivity contribution in [1.82, 2.24) is 0 Å². The molecule has 0 bridgehead atoms. The van der Waals surface area contributed by atoms with Gasteiger partial charge in [0.05, 0.1) is 6.61 Å². The molecule has 0 saturated heterocycles. The van der Waals surface area contributed by atoms with Crippen molar-refractivity contribution in [1.29, 1.82) is 0 Å². The van der Waals surface area contributed by atoms with Crippen molar-refractivity contribution in [2.45, 2.75) is 6.42 Å². The standard InChI is InChI=1S/C13H12FNOS2/c14-12-8-9(3-4-11(12)13(15)17)16-6-5-10-2-1-7-18-10/h1-4,7-8H,5-6H2,(H2,15,17). The summed E-state index contributed by atoms with van der Waals surface area (Å²) in [7, 11) is 0. The first-order chi connectivity index (χ1) is 8.66. The van der Waals surface area contributed by atoms with Gasteiger partial charge in [-0.2, -0.15) is 0 Å². The van der Waals surface area contributed by atoms with Gasteiger partial charge in [-0.1, -0.05) is 18.3 Å². The van der Waals surface area contributed by atoms with Crippen molar-refractivity contribution in [3.63, 3.8) is 0 Å². The number of nitrogens with two attached hydrogens (primary N) is 1. The predicted octanol–water partition coefficient (Wildman–Crippen LogP) is 3.14. The van der Waals surface area contributed by atoms with Crippen LogP contribution < -0.4 is 10.5 Å². The minimum atomic E-state index is -0.448. The number of thiocarbonyl (C=S) groups is 1. The van der Waals surface area contributed by atoms with Crippen LogP contribution >= 0.6 is 23.6 Å². The van der Waals surface area contributed by atoms with E-state index in [1.807, 2.05) is 17.5 Å². The van der Waals surface area contributed by atoms with Crippen LogP contribution in [-0.4, -0.2) is 11.6 Å². The number of thiophene rings is 1. The first-order valence-corrected chi connectivity index (χ1v) is 6.70. The lowest BCUT2D eigenvalue weighted by molar-refractivity contribution is 0.321. The van der Waals surface area contributed by atoms with Crippen LogP contribution in [0.2, 0.25) is 0 Å². The Hall–Kier alpha value is -1.46. The quantitative estimate of drug-likeness (QED) is 0.855. The van der Waals surface area contributed by atoms with Crippen molar-refractivity contribution in [2.24, 2.45) is 5.73 Å². The number of rotatable bonds is 5. The van der Waals surface area contributed by atoms with Gasteiger partial charge in [0.2, 0.25) is 0 Å². The average Bonchev–Trinajstić information content (AvgIpc) is 2.81. The van der Waals surface area contributed by atoms with E-state index in [0.717, 1.165) is 6.42 Å². The summed E-state index contributed by atoms with van der Waals surface area (Å²) in [6.45, 7) is 0.520. The van der Waals surface area contributed by atoms with Gasteiger partial charge in [0.25, 0.3) is 0 Å². The van der Waals surface area contributed by atoms with Gasteiger partial charge in [0.15, 0.2) is 0 Å². The smallest absolute Gasteiger partial charge is 0.137 e. The van der Waals surface area contributed by atoms with E-state index in [-0.39, 0.29) is 10.6 Å². The van der Waals surface area contributed by atoms with Gasteiger partial charge in [-0.3, -0.25) is 0 Å².